The SMILES string of the molecule is O=[N+]([O-])c1ccccc1-c1ccc2c(c1)c1cc3ccn(-c4ccccc4)c3cc1n2-c1ccccc1. The summed E-state index contributed by atoms with van der Waals surface area (Å²) in [7, 11) is 0. The Morgan fingerprint density at radius 2 is 1.27 bits per heavy atom. The van der Waals surface area contributed by atoms with Gasteiger partial charge >= 0.3 is 0 Å². The van der Waals surface area contributed by atoms with Gasteiger partial charge in [0.15, 0.2) is 0 Å². The molecule has 0 aliphatic carbocycles. The molecule has 5 nitrogen and oxygen atoms in total. The molecule has 0 fully saturated rings. The Labute approximate surface area is 212 Å². The molecular formula is C32H21N3O2. The third-order valence-electron chi connectivity index (χ3n) is 7.04. The third kappa shape index (κ3) is 3.32. The van der Waals surface area contributed by atoms with Crippen LogP contribution in [-0.4, -0.2) is 14.1 Å². The van der Waals surface area contributed by atoms with Crippen LogP contribution in [0.1, 0.15) is 0 Å². The average Bonchev–Trinajstić information content (AvgIpc) is 3.51. The van der Waals surface area contributed by atoms with E-state index in [0.29, 0.717) is 5.56 Å². The molecule has 0 atom stereocenters. The molecule has 0 saturated heterocycles. The lowest BCUT2D eigenvalue weighted by Crippen LogP contribution is -1.95. The van der Waals surface area contributed by atoms with Crippen LogP contribution in [0.3, 0.4) is 0 Å². The minimum absolute atomic E-state index is 0.107. The molecule has 0 aliphatic rings. The monoisotopic (exact) mass is 479 g/mol. The molecule has 2 heterocycles. The largest absolute Gasteiger partial charge is 0.316 e. The molecule has 7 rings (SSSR count). The van der Waals surface area contributed by atoms with Crippen molar-refractivity contribution in [2.45, 2.75) is 0 Å². The summed E-state index contributed by atoms with van der Waals surface area (Å²) in [5.41, 5.74) is 7.00. The van der Waals surface area contributed by atoms with E-state index in [9.17, 15) is 10.1 Å². The highest BCUT2D eigenvalue weighted by Gasteiger charge is 2.19. The Morgan fingerprint density at radius 3 is 2.03 bits per heavy atom. The molecule has 5 heteroatoms. The van der Waals surface area contributed by atoms with E-state index in [1.165, 1.54) is 0 Å². The molecule has 0 unspecified atom stereocenters. The summed E-state index contributed by atoms with van der Waals surface area (Å²) in [6.07, 6.45) is 2.10. The quantitative estimate of drug-likeness (QED) is 0.188. The van der Waals surface area contributed by atoms with E-state index in [1.807, 2.05) is 54.6 Å². The predicted octanol–water partition coefficient (Wildman–Crippen LogP) is 8.30. The van der Waals surface area contributed by atoms with Crippen molar-refractivity contribution in [3.63, 3.8) is 0 Å². The van der Waals surface area contributed by atoms with Crippen LogP contribution in [0.25, 0.3) is 55.2 Å². The molecule has 7 aromatic rings. The number of rotatable bonds is 4. The van der Waals surface area contributed by atoms with E-state index in [2.05, 4.69) is 69.9 Å². The van der Waals surface area contributed by atoms with Gasteiger partial charge in [0, 0.05) is 39.8 Å². The molecule has 0 bridgehead atoms. The van der Waals surface area contributed by atoms with Gasteiger partial charge in [-0.05, 0) is 66.2 Å². The van der Waals surface area contributed by atoms with E-state index in [0.717, 1.165) is 49.6 Å². The van der Waals surface area contributed by atoms with Gasteiger partial charge < -0.3 is 9.13 Å². The molecule has 0 amide bonds. The highest BCUT2D eigenvalue weighted by molar-refractivity contribution is 6.14. The van der Waals surface area contributed by atoms with Crippen LogP contribution in [-0.2, 0) is 0 Å². The number of benzene rings is 5. The summed E-state index contributed by atoms with van der Waals surface area (Å²) in [4.78, 5) is 11.4. The van der Waals surface area contributed by atoms with E-state index >= 15 is 0 Å². The smallest absolute Gasteiger partial charge is 0.277 e. The van der Waals surface area contributed by atoms with E-state index in [4.69, 9.17) is 0 Å². The number of nitro groups is 1. The second-order valence-corrected chi connectivity index (χ2v) is 9.13. The Morgan fingerprint density at radius 1 is 0.595 bits per heavy atom. The van der Waals surface area contributed by atoms with Crippen molar-refractivity contribution in [1.82, 2.24) is 9.13 Å². The molecule has 0 saturated carbocycles. The fourth-order valence-electron chi connectivity index (χ4n) is 5.36. The van der Waals surface area contributed by atoms with Crippen molar-refractivity contribution in [1.29, 1.82) is 0 Å². The molecular weight excluding hydrogens is 458 g/mol. The zero-order valence-corrected chi connectivity index (χ0v) is 19.8. The highest BCUT2D eigenvalue weighted by atomic mass is 16.6. The summed E-state index contributed by atoms with van der Waals surface area (Å²) in [6, 6.07) is 40.3. The Kier molecular flexibility index (Phi) is 4.69. The molecule has 0 spiro atoms. The maximum atomic E-state index is 11.7. The van der Waals surface area contributed by atoms with Crippen LogP contribution >= 0.6 is 0 Å². The van der Waals surface area contributed by atoms with Crippen LogP contribution in [0.4, 0.5) is 5.69 Å². The Hall–Kier alpha value is -5.16. The minimum atomic E-state index is -0.317. The maximum absolute atomic E-state index is 11.7. The number of hydrogen-bond acceptors (Lipinski definition) is 2. The van der Waals surface area contributed by atoms with Gasteiger partial charge in [0.05, 0.1) is 27.0 Å². The lowest BCUT2D eigenvalue weighted by molar-refractivity contribution is -0.384. The zero-order chi connectivity index (χ0) is 24.9. The van der Waals surface area contributed by atoms with Gasteiger partial charge in [-0.15, -0.1) is 0 Å². The summed E-state index contributed by atoms with van der Waals surface area (Å²) in [5.74, 6) is 0. The van der Waals surface area contributed by atoms with Crippen molar-refractivity contribution >= 4 is 38.4 Å². The summed E-state index contributed by atoms with van der Waals surface area (Å²) < 4.78 is 4.48. The number of nitro benzene ring substituents is 1. The van der Waals surface area contributed by atoms with E-state index < -0.39 is 0 Å². The maximum Gasteiger partial charge on any atom is 0.277 e. The second kappa shape index (κ2) is 8.21. The molecule has 5 aromatic carbocycles. The van der Waals surface area contributed by atoms with Crippen molar-refractivity contribution in [2.24, 2.45) is 0 Å². The van der Waals surface area contributed by atoms with E-state index in [-0.39, 0.29) is 10.6 Å². The number of fused-ring (bicyclic) bond motifs is 4. The van der Waals surface area contributed by atoms with Gasteiger partial charge in [0.25, 0.3) is 5.69 Å². The van der Waals surface area contributed by atoms with Gasteiger partial charge in [-0.25, -0.2) is 0 Å². The fourth-order valence-corrected chi connectivity index (χ4v) is 5.36. The van der Waals surface area contributed by atoms with Crippen LogP contribution in [0.5, 0.6) is 0 Å². The third-order valence-corrected chi connectivity index (χ3v) is 7.04. The van der Waals surface area contributed by atoms with Gasteiger partial charge in [-0.1, -0.05) is 54.6 Å². The topological polar surface area (TPSA) is 53.0 Å². The van der Waals surface area contributed by atoms with Crippen LogP contribution < -0.4 is 0 Å². The molecule has 0 radical (unpaired) electrons. The van der Waals surface area contributed by atoms with Gasteiger partial charge in [0.2, 0.25) is 0 Å². The predicted molar refractivity (Wildman–Crippen MR) is 150 cm³/mol. The van der Waals surface area contributed by atoms with E-state index in [1.54, 1.807) is 12.1 Å². The average molecular weight is 480 g/mol. The molecule has 176 valence electrons. The van der Waals surface area contributed by atoms with Crippen LogP contribution in [0.2, 0.25) is 0 Å². The first kappa shape index (κ1) is 21.1. The zero-order valence-electron chi connectivity index (χ0n) is 19.8. The number of para-hydroxylation sites is 3. The Bertz CT molecular complexity index is 1950. The molecule has 2 aromatic heterocycles. The number of nitrogens with zero attached hydrogens (tertiary/aromatic N) is 3. The van der Waals surface area contributed by atoms with Crippen LogP contribution in [0.15, 0.2) is 128 Å². The number of hydrogen-bond donors (Lipinski definition) is 0. The molecule has 0 aliphatic heterocycles. The normalized spacial score (nSPS) is 11.5. The Balaban J connectivity index is 1.56. The lowest BCUT2D eigenvalue weighted by Gasteiger charge is -2.09. The van der Waals surface area contributed by atoms with Crippen molar-refractivity contribution in [3.8, 4) is 22.5 Å². The van der Waals surface area contributed by atoms with Gasteiger partial charge in [-0.3, -0.25) is 10.1 Å². The van der Waals surface area contributed by atoms with Crippen molar-refractivity contribution in [2.75, 3.05) is 0 Å². The standard InChI is InChI=1S/C32H21N3O2/c36-35(37)30-14-8-7-13-26(30)22-15-16-29-27(19-22)28-20-23-17-18-33(24-9-3-1-4-10-24)31(23)21-32(28)34(29)25-11-5-2-6-12-25/h1-21H. The van der Waals surface area contributed by atoms with Crippen molar-refractivity contribution in [3.05, 3.63) is 138 Å². The summed E-state index contributed by atoms with van der Waals surface area (Å²) in [6.45, 7) is 0. The summed E-state index contributed by atoms with van der Waals surface area (Å²) >= 11 is 0. The lowest BCUT2D eigenvalue weighted by atomic mass is 10.0. The van der Waals surface area contributed by atoms with Crippen LogP contribution in [0, 0.1) is 10.1 Å². The fraction of sp³-hybridized carbons (Fsp3) is 0. The first-order valence-electron chi connectivity index (χ1n) is 12.1. The number of aromatic nitrogens is 2. The van der Waals surface area contributed by atoms with Gasteiger partial charge in [0.1, 0.15) is 0 Å². The minimum Gasteiger partial charge on any atom is -0.316 e. The van der Waals surface area contributed by atoms with Gasteiger partial charge in [-0.2, -0.15) is 0 Å². The first-order chi connectivity index (χ1) is 18.2. The summed E-state index contributed by atoms with van der Waals surface area (Å²) in [5, 5.41) is 15.0. The second-order valence-electron chi connectivity index (χ2n) is 9.13. The first-order valence-corrected chi connectivity index (χ1v) is 12.1. The molecule has 37 heavy (non-hydrogen) atoms. The molecule has 0 N–H and O–H groups in total. The highest BCUT2D eigenvalue weighted by Crippen LogP contribution is 2.39. The van der Waals surface area contributed by atoms with Crippen molar-refractivity contribution < 1.29 is 4.92 Å².